The predicted molar refractivity (Wildman–Crippen MR) is 301 cm³/mol. The van der Waals surface area contributed by atoms with Crippen molar-refractivity contribution in [3.63, 3.8) is 0 Å². The molecule has 4 fully saturated rings. The number of aliphatic hydroxyl groups is 1. The summed E-state index contributed by atoms with van der Waals surface area (Å²) in [5.41, 5.74) is -1.88. The summed E-state index contributed by atoms with van der Waals surface area (Å²) in [4.78, 5) is 71.6. The third kappa shape index (κ3) is 20.0. The Labute approximate surface area is 456 Å². The first kappa shape index (κ1) is 63.4. The highest BCUT2D eigenvalue weighted by molar-refractivity contribution is 5.95. The minimum absolute atomic E-state index is 0.0116. The molecule has 430 valence electrons. The van der Waals surface area contributed by atoms with Crippen LogP contribution in [0.2, 0.25) is 0 Å². The van der Waals surface area contributed by atoms with Gasteiger partial charge in [-0.2, -0.15) is 0 Å². The lowest BCUT2D eigenvalue weighted by Crippen LogP contribution is -2.61. The molecule has 4 aliphatic carbocycles. The highest BCUT2D eigenvalue weighted by Gasteiger charge is 2.68. The number of rotatable bonds is 41. The van der Waals surface area contributed by atoms with Gasteiger partial charge in [-0.1, -0.05) is 155 Å². The Morgan fingerprint density at radius 3 is 1.89 bits per heavy atom. The van der Waals surface area contributed by atoms with E-state index in [9.17, 15) is 29.1 Å². The van der Waals surface area contributed by atoms with Gasteiger partial charge in [0.05, 0.1) is 0 Å². The first-order valence-corrected chi connectivity index (χ1v) is 31.8. The van der Waals surface area contributed by atoms with Crippen LogP contribution >= 0.6 is 0 Å². The summed E-state index contributed by atoms with van der Waals surface area (Å²) in [7, 11) is 0. The van der Waals surface area contributed by atoms with Crippen molar-refractivity contribution in [2.75, 3.05) is 52.5 Å². The van der Waals surface area contributed by atoms with Gasteiger partial charge in [-0.25, -0.2) is 0 Å². The number of carbonyl (C=O) groups excluding carboxylic acids is 5. The van der Waals surface area contributed by atoms with E-state index in [4.69, 9.17) is 14.2 Å². The van der Waals surface area contributed by atoms with E-state index in [1.807, 2.05) is 6.92 Å². The van der Waals surface area contributed by atoms with Gasteiger partial charge in [0.2, 0.25) is 11.7 Å². The number of allylic oxidation sites excluding steroid dienone is 1. The third-order valence-electron chi connectivity index (χ3n) is 19.1. The molecule has 11 nitrogen and oxygen atoms in total. The number of fused-ring (bicyclic) bond motifs is 5. The van der Waals surface area contributed by atoms with Crippen LogP contribution in [0.5, 0.6) is 0 Å². The minimum atomic E-state index is -1.72. The van der Waals surface area contributed by atoms with Crippen LogP contribution in [0.15, 0.2) is 11.6 Å². The van der Waals surface area contributed by atoms with Gasteiger partial charge < -0.3 is 29.1 Å². The number of unbranched alkanes of at least 4 members (excludes halogenated alkanes) is 20. The second-order valence-electron chi connectivity index (χ2n) is 24.8. The van der Waals surface area contributed by atoms with Crippen LogP contribution in [0.3, 0.4) is 0 Å². The summed E-state index contributed by atoms with van der Waals surface area (Å²) in [6.45, 7) is 14.4. The Hall–Kier alpha value is -2.47. The molecule has 75 heavy (non-hydrogen) atoms. The Bertz CT molecular complexity index is 1700. The average Bonchev–Trinajstić information content (AvgIpc) is 3.74. The lowest BCUT2D eigenvalue weighted by Gasteiger charge is -2.57. The molecule has 0 radical (unpaired) electrons. The fourth-order valence-corrected chi connectivity index (χ4v) is 14.4. The van der Waals surface area contributed by atoms with Crippen molar-refractivity contribution >= 4 is 29.2 Å². The van der Waals surface area contributed by atoms with Crippen LogP contribution in [-0.2, 0) is 38.2 Å². The van der Waals surface area contributed by atoms with Gasteiger partial charge in [0, 0.05) is 63.3 Å². The van der Waals surface area contributed by atoms with Gasteiger partial charge >= 0.3 is 5.97 Å². The van der Waals surface area contributed by atoms with Crippen LogP contribution in [0, 0.1) is 28.6 Å². The predicted octanol–water partition coefficient (Wildman–Crippen LogP) is 14.2. The van der Waals surface area contributed by atoms with Crippen molar-refractivity contribution in [1.29, 1.82) is 0 Å². The molecule has 5 rings (SSSR count). The topological polar surface area (TPSA) is 140 Å². The molecule has 3 saturated carbocycles. The molecule has 1 aliphatic heterocycles. The van der Waals surface area contributed by atoms with Crippen LogP contribution < -0.4 is 0 Å². The normalized spacial score (nSPS) is 25.7. The molecule has 11 heteroatoms. The highest BCUT2D eigenvalue weighted by Crippen LogP contribution is 2.66. The number of likely N-dealkylation sites (tertiary alicyclic amines) is 1. The second kappa shape index (κ2) is 34.5. The largest absolute Gasteiger partial charge is 0.458 e. The minimum Gasteiger partial charge on any atom is -0.458 e. The maximum absolute atomic E-state index is 14.0. The van der Waals surface area contributed by atoms with E-state index in [0.29, 0.717) is 38.6 Å². The molecule has 1 heterocycles. The first-order valence-electron chi connectivity index (χ1n) is 31.8. The molecular formula is C64H110N2O9. The van der Waals surface area contributed by atoms with E-state index in [1.165, 1.54) is 122 Å². The number of hydrogen-bond donors (Lipinski definition) is 1. The van der Waals surface area contributed by atoms with Crippen LogP contribution in [-0.4, -0.2) is 109 Å². The lowest BCUT2D eigenvalue weighted by molar-refractivity contribution is -0.173. The monoisotopic (exact) mass is 1050 g/mol. The van der Waals surface area contributed by atoms with Crippen molar-refractivity contribution in [3.05, 3.63) is 11.6 Å². The van der Waals surface area contributed by atoms with Gasteiger partial charge in [-0.15, -0.1) is 0 Å². The summed E-state index contributed by atoms with van der Waals surface area (Å²) in [6, 6.07) is 0. The highest BCUT2D eigenvalue weighted by atomic mass is 16.7. The fourth-order valence-electron chi connectivity index (χ4n) is 14.4. The number of amides is 1. The maximum Gasteiger partial charge on any atom is 0.306 e. The maximum atomic E-state index is 14.0. The zero-order chi connectivity index (χ0) is 53.8. The van der Waals surface area contributed by atoms with Gasteiger partial charge in [0.1, 0.15) is 11.4 Å². The number of esters is 1. The Morgan fingerprint density at radius 1 is 0.680 bits per heavy atom. The molecule has 0 bridgehead atoms. The molecule has 1 amide bonds. The number of nitrogens with zero attached hydrogens (tertiary/aromatic N) is 2. The Kier molecular flexibility index (Phi) is 29.2. The van der Waals surface area contributed by atoms with Crippen molar-refractivity contribution in [2.45, 2.75) is 284 Å². The summed E-state index contributed by atoms with van der Waals surface area (Å²) >= 11 is 0. The summed E-state index contributed by atoms with van der Waals surface area (Å²) in [6.07, 6.45) is 39.8. The lowest BCUT2D eigenvalue weighted by atomic mass is 9.46. The van der Waals surface area contributed by atoms with Crippen molar-refractivity contribution in [2.24, 2.45) is 28.6 Å². The second-order valence-corrected chi connectivity index (χ2v) is 24.8. The van der Waals surface area contributed by atoms with Gasteiger partial charge in [0.15, 0.2) is 18.7 Å². The van der Waals surface area contributed by atoms with Crippen LogP contribution in [0.4, 0.5) is 0 Å². The van der Waals surface area contributed by atoms with Gasteiger partial charge in [0.25, 0.3) is 0 Å². The average molecular weight is 1050 g/mol. The molecular weight excluding hydrogens is 941 g/mol. The van der Waals surface area contributed by atoms with Crippen molar-refractivity contribution in [3.8, 4) is 0 Å². The van der Waals surface area contributed by atoms with E-state index >= 15 is 0 Å². The number of Topliss-reactive ketones (excluding diaryl/α,β-unsaturated/α-hetero) is 2. The van der Waals surface area contributed by atoms with E-state index < -0.39 is 29.4 Å². The van der Waals surface area contributed by atoms with Crippen LogP contribution in [0.1, 0.15) is 272 Å². The van der Waals surface area contributed by atoms with E-state index in [1.54, 1.807) is 6.08 Å². The number of ketones is 3. The number of piperidine rings is 1. The number of hydrogen-bond acceptors (Lipinski definition) is 10. The van der Waals surface area contributed by atoms with Crippen LogP contribution in [0.25, 0.3) is 0 Å². The number of carbonyl (C=O) groups is 5. The smallest absolute Gasteiger partial charge is 0.306 e. The molecule has 5 aliphatic rings. The molecule has 6 atom stereocenters. The summed E-state index contributed by atoms with van der Waals surface area (Å²) in [5.74, 6) is -0.613. The zero-order valence-corrected chi connectivity index (χ0v) is 48.5. The molecule has 6 unspecified atom stereocenters. The van der Waals surface area contributed by atoms with Gasteiger partial charge in [-0.05, 0) is 139 Å². The molecule has 0 aromatic rings. The Morgan fingerprint density at radius 2 is 1.25 bits per heavy atom. The summed E-state index contributed by atoms with van der Waals surface area (Å²) in [5, 5.41) is 12.1. The molecule has 1 saturated heterocycles. The van der Waals surface area contributed by atoms with Crippen molar-refractivity contribution < 1.29 is 43.3 Å². The molecule has 0 aromatic carbocycles. The van der Waals surface area contributed by atoms with E-state index in [0.717, 1.165) is 116 Å². The molecule has 1 N–H and O–H groups in total. The number of ether oxygens (including phenoxy) is 3. The molecule has 0 spiro atoms. The zero-order valence-electron chi connectivity index (χ0n) is 48.5. The SMILES string of the molecule is CCCCCCCCCCCOC(CCCCC(=O)N(CCCCCCC(=O)OCC(=O)C1(O)CCC2C3CCC4=CC(=O)CCC4(C)C3C(=O)CC21C)CCCN1CCCCC1)OCCCCCCCCCCC. The van der Waals surface area contributed by atoms with E-state index in [2.05, 4.69) is 30.6 Å². The molecule has 0 aromatic heterocycles. The first-order chi connectivity index (χ1) is 36.4. The standard InChI is InChI=1S/C64H110N2O9/c1-5-7-9-11-13-15-17-21-30-47-73-60(74-48-31-22-18-16-14-12-10-8-6-2)35-26-25-33-58(70)66(46-32-44-65-42-27-23-28-43-65)45-29-20-19-24-34-59(71)75-51-57(69)64(72)41-39-55-54-37-36-52-49-53(67)38-40-62(52,3)61(54)56(68)50-63(55,64)4/h49,54-55,60-61,72H,5-48,50-51H2,1-4H3. The van der Waals surface area contributed by atoms with Gasteiger partial charge in [-0.3, -0.25) is 24.0 Å². The fraction of sp³-hybridized carbons (Fsp3) is 0.891. The summed E-state index contributed by atoms with van der Waals surface area (Å²) < 4.78 is 18.2. The van der Waals surface area contributed by atoms with Crippen molar-refractivity contribution in [1.82, 2.24) is 9.80 Å². The quantitative estimate of drug-likeness (QED) is 0.0357. The third-order valence-corrected chi connectivity index (χ3v) is 19.1. The Balaban J connectivity index is 1.00. The van der Waals surface area contributed by atoms with E-state index in [-0.39, 0.29) is 66.2 Å².